The molecule has 1 amide bonds. The molecule has 3 aromatic rings. The Hall–Kier alpha value is -3.30. The Morgan fingerprint density at radius 3 is 2.96 bits per heavy atom. The minimum absolute atomic E-state index is 0.212. The Morgan fingerprint density at radius 2 is 2.22 bits per heavy atom. The second-order valence-electron chi connectivity index (χ2n) is 4.68. The Morgan fingerprint density at radius 1 is 1.30 bits per heavy atom. The molecule has 0 atom stereocenters. The Bertz CT molecular complexity index is 780. The summed E-state index contributed by atoms with van der Waals surface area (Å²) in [6.07, 6.45) is 0.744. The van der Waals surface area contributed by atoms with Gasteiger partial charge in [-0.05, 0) is 23.4 Å². The summed E-state index contributed by atoms with van der Waals surface area (Å²) in [4.78, 5) is 16.4. The summed E-state index contributed by atoms with van der Waals surface area (Å²) in [5.41, 5.74) is 1.20. The molecule has 23 heavy (non-hydrogen) atoms. The number of aromatic amines is 2. The molecule has 0 fully saturated rings. The van der Waals surface area contributed by atoms with E-state index in [2.05, 4.69) is 46.4 Å². The van der Waals surface area contributed by atoms with E-state index >= 15 is 0 Å². The van der Waals surface area contributed by atoms with Gasteiger partial charge in [-0.25, -0.2) is 4.98 Å². The van der Waals surface area contributed by atoms with E-state index in [-0.39, 0.29) is 12.5 Å². The quantitative estimate of drug-likeness (QED) is 0.521. The molecule has 10 nitrogen and oxygen atoms in total. The van der Waals surface area contributed by atoms with Gasteiger partial charge in [0.15, 0.2) is 5.82 Å². The minimum atomic E-state index is -0.212. The van der Waals surface area contributed by atoms with Crippen molar-refractivity contribution in [1.29, 1.82) is 0 Å². The van der Waals surface area contributed by atoms with Gasteiger partial charge in [0.05, 0.1) is 6.54 Å². The van der Waals surface area contributed by atoms with E-state index < -0.39 is 0 Å². The SMILES string of the molecule is CCc1n[nH]c(CNC(=O)c2cccc(Nc3nn[nH]n3)c2)n1. The molecule has 0 aliphatic carbocycles. The number of carbonyl (C=O) groups excluding carboxylic acids is 1. The van der Waals surface area contributed by atoms with Crippen molar-refractivity contribution in [3.63, 3.8) is 0 Å². The fourth-order valence-corrected chi connectivity index (χ4v) is 1.92. The maximum absolute atomic E-state index is 12.2. The molecule has 2 aromatic heterocycles. The fraction of sp³-hybridized carbons (Fsp3) is 0.231. The molecule has 0 saturated carbocycles. The van der Waals surface area contributed by atoms with Crippen LogP contribution in [0.2, 0.25) is 0 Å². The Balaban J connectivity index is 1.62. The van der Waals surface area contributed by atoms with Crippen LogP contribution in [-0.2, 0) is 13.0 Å². The Kier molecular flexibility index (Phi) is 4.22. The average molecular weight is 313 g/mol. The summed E-state index contributed by atoms with van der Waals surface area (Å²) in [6, 6.07) is 6.98. The fourth-order valence-electron chi connectivity index (χ4n) is 1.92. The predicted octanol–water partition coefficient (Wildman–Crippen LogP) is 0.554. The maximum atomic E-state index is 12.2. The van der Waals surface area contributed by atoms with Crippen molar-refractivity contribution in [2.24, 2.45) is 0 Å². The average Bonchev–Trinajstić information content (AvgIpc) is 3.24. The highest BCUT2D eigenvalue weighted by molar-refractivity contribution is 5.95. The summed E-state index contributed by atoms with van der Waals surface area (Å²) < 4.78 is 0. The van der Waals surface area contributed by atoms with Gasteiger partial charge in [0.25, 0.3) is 11.9 Å². The van der Waals surface area contributed by atoms with Crippen LogP contribution in [-0.4, -0.2) is 41.7 Å². The van der Waals surface area contributed by atoms with Gasteiger partial charge >= 0.3 is 0 Å². The first-order valence-corrected chi connectivity index (χ1v) is 7.03. The standard InChI is InChI=1S/C13H15N9O/c1-2-10-16-11(18-17-10)7-14-12(23)8-4-3-5-9(6-8)15-13-19-21-22-20-13/h3-6H,2,7H2,1H3,(H,14,23)(H,16,17,18)(H2,15,19,20,21,22). The van der Waals surface area contributed by atoms with Gasteiger partial charge < -0.3 is 10.6 Å². The number of aromatic nitrogens is 7. The van der Waals surface area contributed by atoms with Crippen molar-refractivity contribution in [1.82, 2.24) is 41.1 Å². The van der Waals surface area contributed by atoms with Crippen LogP contribution in [0.25, 0.3) is 0 Å². The number of anilines is 2. The molecule has 0 bridgehead atoms. The number of tetrazole rings is 1. The second kappa shape index (κ2) is 6.64. The zero-order valence-electron chi connectivity index (χ0n) is 12.4. The highest BCUT2D eigenvalue weighted by atomic mass is 16.1. The highest BCUT2D eigenvalue weighted by Crippen LogP contribution is 2.14. The van der Waals surface area contributed by atoms with Crippen molar-refractivity contribution < 1.29 is 4.79 Å². The number of benzene rings is 1. The van der Waals surface area contributed by atoms with E-state index in [9.17, 15) is 4.79 Å². The van der Waals surface area contributed by atoms with Crippen LogP contribution in [0.5, 0.6) is 0 Å². The summed E-state index contributed by atoms with van der Waals surface area (Å²) in [7, 11) is 0. The van der Waals surface area contributed by atoms with Gasteiger partial charge in [0.2, 0.25) is 0 Å². The molecule has 10 heteroatoms. The summed E-state index contributed by atoms with van der Waals surface area (Å²) in [5, 5.41) is 25.9. The normalized spacial score (nSPS) is 10.5. The van der Waals surface area contributed by atoms with Gasteiger partial charge in [0, 0.05) is 17.7 Å². The molecular weight excluding hydrogens is 298 g/mol. The summed E-state index contributed by atoms with van der Waals surface area (Å²) in [5.74, 6) is 1.46. The first-order chi connectivity index (χ1) is 11.2. The zero-order chi connectivity index (χ0) is 16.1. The second-order valence-corrected chi connectivity index (χ2v) is 4.68. The Labute approximate surface area is 131 Å². The largest absolute Gasteiger partial charge is 0.345 e. The van der Waals surface area contributed by atoms with Gasteiger partial charge in [-0.15, -0.1) is 5.10 Å². The number of H-pyrrole nitrogens is 2. The molecule has 4 N–H and O–H groups in total. The third-order valence-corrected chi connectivity index (χ3v) is 3.04. The van der Waals surface area contributed by atoms with E-state index in [1.54, 1.807) is 24.3 Å². The van der Waals surface area contributed by atoms with E-state index in [0.29, 0.717) is 23.0 Å². The molecule has 0 saturated heterocycles. The lowest BCUT2D eigenvalue weighted by Gasteiger charge is -2.06. The third-order valence-electron chi connectivity index (χ3n) is 3.04. The van der Waals surface area contributed by atoms with E-state index in [0.717, 1.165) is 12.2 Å². The monoisotopic (exact) mass is 313 g/mol. The molecule has 2 heterocycles. The number of amides is 1. The molecule has 0 unspecified atom stereocenters. The van der Waals surface area contributed by atoms with Crippen LogP contribution in [0.1, 0.15) is 28.9 Å². The minimum Gasteiger partial charge on any atom is -0.345 e. The third kappa shape index (κ3) is 3.67. The number of aryl methyl sites for hydroxylation is 1. The number of hydrogen-bond donors (Lipinski definition) is 4. The van der Waals surface area contributed by atoms with Crippen molar-refractivity contribution in [3.05, 3.63) is 41.5 Å². The van der Waals surface area contributed by atoms with Gasteiger partial charge in [-0.1, -0.05) is 18.1 Å². The van der Waals surface area contributed by atoms with Gasteiger partial charge in [-0.2, -0.15) is 10.3 Å². The molecule has 0 radical (unpaired) electrons. The van der Waals surface area contributed by atoms with Crippen LogP contribution in [0.4, 0.5) is 11.6 Å². The first kappa shape index (κ1) is 14.6. The molecule has 3 rings (SSSR count). The lowest BCUT2D eigenvalue weighted by molar-refractivity contribution is 0.0950. The zero-order valence-corrected chi connectivity index (χ0v) is 12.4. The maximum Gasteiger partial charge on any atom is 0.267 e. The number of nitrogens with one attached hydrogen (secondary N) is 4. The van der Waals surface area contributed by atoms with Crippen LogP contribution < -0.4 is 10.6 Å². The number of hydrogen-bond acceptors (Lipinski definition) is 7. The van der Waals surface area contributed by atoms with E-state index in [4.69, 9.17) is 0 Å². The van der Waals surface area contributed by atoms with Crippen molar-refractivity contribution in [2.75, 3.05) is 5.32 Å². The van der Waals surface area contributed by atoms with Gasteiger partial charge in [-0.3, -0.25) is 9.89 Å². The number of rotatable bonds is 6. The molecule has 0 aliphatic rings. The van der Waals surface area contributed by atoms with Crippen molar-refractivity contribution >= 4 is 17.5 Å². The molecule has 1 aromatic carbocycles. The molecule has 0 spiro atoms. The molecule has 118 valence electrons. The van der Waals surface area contributed by atoms with E-state index in [1.165, 1.54) is 0 Å². The number of carbonyl (C=O) groups is 1. The highest BCUT2D eigenvalue weighted by Gasteiger charge is 2.08. The topological polar surface area (TPSA) is 137 Å². The number of nitrogens with zero attached hydrogens (tertiary/aromatic N) is 5. The lowest BCUT2D eigenvalue weighted by atomic mass is 10.2. The molecular formula is C13H15N9O. The first-order valence-electron chi connectivity index (χ1n) is 7.03. The van der Waals surface area contributed by atoms with Crippen molar-refractivity contribution in [3.8, 4) is 0 Å². The van der Waals surface area contributed by atoms with E-state index in [1.807, 2.05) is 6.92 Å². The van der Waals surface area contributed by atoms with Crippen LogP contribution in [0.15, 0.2) is 24.3 Å². The van der Waals surface area contributed by atoms with Crippen molar-refractivity contribution in [2.45, 2.75) is 19.9 Å². The lowest BCUT2D eigenvalue weighted by Crippen LogP contribution is -2.23. The predicted molar refractivity (Wildman–Crippen MR) is 80.8 cm³/mol. The van der Waals surface area contributed by atoms with Crippen LogP contribution in [0.3, 0.4) is 0 Å². The summed E-state index contributed by atoms with van der Waals surface area (Å²) in [6.45, 7) is 2.25. The molecule has 0 aliphatic heterocycles. The van der Waals surface area contributed by atoms with Crippen LogP contribution >= 0.6 is 0 Å². The smallest absolute Gasteiger partial charge is 0.267 e. The summed E-state index contributed by atoms with van der Waals surface area (Å²) >= 11 is 0. The van der Waals surface area contributed by atoms with Gasteiger partial charge in [0.1, 0.15) is 5.82 Å². The van der Waals surface area contributed by atoms with Crippen LogP contribution in [0, 0.1) is 0 Å².